The van der Waals surface area contributed by atoms with Gasteiger partial charge in [-0.3, -0.25) is 4.79 Å². The summed E-state index contributed by atoms with van der Waals surface area (Å²) in [6.45, 7) is 4.61. The predicted molar refractivity (Wildman–Crippen MR) is 64.6 cm³/mol. The highest BCUT2D eigenvalue weighted by Gasteiger charge is 2.38. The Morgan fingerprint density at radius 2 is 2.47 bits per heavy atom. The summed E-state index contributed by atoms with van der Waals surface area (Å²) in [5, 5.41) is 2.98. The summed E-state index contributed by atoms with van der Waals surface area (Å²) >= 11 is 0. The number of ether oxygens (including phenoxy) is 1. The molecule has 5 nitrogen and oxygen atoms in total. The number of hydrogen-bond donors (Lipinski definition) is 2. The summed E-state index contributed by atoms with van der Waals surface area (Å²) in [5.74, 6) is 0.0515. The molecule has 1 aromatic heterocycles. The van der Waals surface area contributed by atoms with E-state index in [-0.39, 0.29) is 23.4 Å². The molecule has 1 amide bonds. The van der Waals surface area contributed by atoms with Crippen molar-refractivity contribution < 1.29 is 9.53 Å². The Labute approximate surface area is 100 Å². The summed E-state index contributed by atoms with van der Waals surface area (Å²) in [6.07, 6.45) is 2.37. The lowest BCUT2D eigenvalue weighted by Crippen LogP contribution is -2.50. The molecule has 2 rings (SSSR count). The van der Waals surface area contributed by atoms with Gasteiger partial charge in [-0.05, 0) is 32.4 Å². The van der Waals surface area contributed by atoms with Gasteiger partial charge in [0.05, 0.1) is 17.2 Å². The highest BCUT2D eigenvalue weighted by molar-refractivity contribution is 5.98. The first-order valence-corrected chi connectivity index (χ1v) is 5.67. The molecular weight excluding hydrogens is 218 g/mol. The lowest BCUT2D eigenvalue weighted by Gasteiger charge is -2.28. The quantitative estimate of drug-likeness (QED) is 0.800. The molecule has 0 radical (unpaired) electrons. The minimum Gasteiger partial charge on any atom is -0.383 e. The Hall–Kier alpha value is -1.62. The molecule has 2 unspecified atom stereocenters. The summed E-state index contributed by atoms with van der Waals surface area (Å²) in [4.78, 5) is 16.0. The van der Waals surface area contributed by atoms with Crippen LogP contribution >= 0.6 is 0 Å². The number of nitrogen functional groups attached to an aromatic ring is 1. The van der Waals surface area contributed by atoms with E-state index < -0.39 is 0 Å². The van der Waals surface area contributed by atoms with E-state index in [1.165, 1.54) is 0 Å². The van der Waals surface area contributed by atoms with Crippen LogP contribution in [0.5, 0.6) is 0 Å². The van der Waals surface area contributed by atoms with Gasteiger partial charge in [0.2, 0.25) is 0 Å². The fourth-order valence-corrected chi connectivity index (χ4v) is 1.94. The fraction of sp³-hybridized carbons (Fsp3) is 0.500. The van der Waals surface area contributed by atoms with Crippen LogP contribution in [-0.4, -0.2) is 29.1 Å². The largest absolute Gasteiger partial charge is 0.383 e. The summed E-state index contributed by atoms with van der Waals surface area (Å²) in [5.41, 5.74) is 5.75. The highest BCUT2D eigenvalue weighted by atomic mass is 16.5. The number of aromatic nitrogens is 1. The van der Waals surface area contributed by atoms with Crippen LogP contribution in [0.3, 0.4) is 0 Å². The van der Waals surface area contributed by atoms with Crippen molar-refractivity contribution in [3.8, 4) is 0 Å². The number of hydrogen-bond acceptors (Lipinski definition) is 4. The Morgan fingerprint density at radius 3 is 3.06 bits per heavy atom. The Kier molecular flexibility index (Phi) is 3.02. The zero-order valence-electron chi connectivity index (χ0n) is 10.1. The molecule has 2 atom stereocenters. The lowest BCUT2D eigenvalue weighted by molar-refractivity contribution is 0.0728. The van der Waals surface area contributed by atoms with E-state index in [4.69, 9.17) is 10.5 Å². The van der Waals surface area contributed by atoms with Gasteiger partial charge in [0.25, 0.3) is 5.91 Å². The van der Waals surface area contributed by atoms with Gasteiger partial charge in [-0.1, -0.05) is 0 Å². The van der Waals surface area contributed by atoms with Gasteiger partial charge < -0.3 is 15.8 Å². The molecule has 0 saturated carbocycles. The standard InChI is InChI=1S/C12H17N3O2/c1-8-12(2,5-7-17-8)15-11(16)9-4-3-6-14-10(9)13/h3-4,6,8H,5,7H2,1-2H3,(H2,13,14)(H,15,16). The van der Waals surface area contributed by atoms with Crippen LogP contribution in [0.2, 0.25) is 0 Å². The molecule has 1 aliphatic rings. The smallest absolute Gasteiger partial charge is 0.255 e. The molecule has 17 heavy (non-hydrogen) atoms. The fourth-order valence-electron chi connectivity index (χ4n) is 1.94. The van der Waals surface area contributed by atoms with Gasteiger partial charge in [-0.15, -0.1) is 0 Å². The van der Waals surface area contributed by atoms with Gasteiger partial charge in [-0.25, -0.2) is 4.98 Å². The molecule has 0 bridgehead atoms. The Morgan fingerprint density at radius 1 is 1.71 bits per heavy atom. The van der Waals surface area contributed by atoms with Gasteiger partial charge in [0.15, 0.2) is 0 Å². The van der Waals surface area contributed by atoms with Crippen molar-refractivity contribution >= 4 is 11.7 Å². The van der Waals surface area contributed by atoms with Crippen LogP contribution in [-0.2, 0) is 4.74 Å². The normalized spacial score (nSPS) is 28.0. The van der Waals surface area contributed by atoms with E-state index in [0.717, 1.165) is 6.42 Å². The number of rotatable bonds is 2. The van der Waals surface area contributed by atoms with Crippen molar-refractivity contribution in [3.05, 3.63) is 23.9 Å². The third-order valence-corrected chi connectivity index (χ3v) is 3.37. The third kappa shape index (κ3) is 2.24. The molecule has 0 aromatic carbocycles. The van der Waals surface area contributed by atoms with E-state index in [1.807, 2.05) is 13.8 Å². The molecule has 1 saturated heterocycles. The molecule has 2 heterocycles. The molecular formula is C12H17N3O2. The van der Waals surface area contributed by atoms with Crippen molar-refractivity contribution in [1.82, 2.24) is 10.3 Å². The molecule has 1 aliphatic heterocycles. The van der Waals surface area contributed by atoms with Crippen molar-refractivity contribution in [3.63, 3.8) is 0 Å². The van der Waals surface area contributed by atoms with Crippen molar-refractivity contribution in [2.45, 2.75) is 31.9 Å². The first-order chi connectivity index (χ1) is 8.03. The molecule has 0 spiro atoms. The zero-order valence-corrected chi connectivity index (χ0v) is 10.1. The summed E-state index contributed by atoms with van der Waals surface area (Å²) in [6, 6.07) is 3.36. The zero-order chi connectivity index (χ0) is 12.5. The predicted octanol–water partition coefficient (Wildman–Crippen LogP) is 0.961. The van der Waals surface area contributed by atoms with E-state index in [0.29, 0.717) is 12.2 Å². The second-order valence-corrected chi connectivity index (χ2v) is 4.57. The van der Waals surface area contributed by atoms with E-state index in [9.17, 15) is 4.79 Å². The molecule has 92 valence electrons. The Bertz CT molecular complexity index is 436. The van der Waals surface area contributed by atoms with Gasteiger partial charge in [-0.2, -0.15) is 0 Å². The maximum absolute atomic E-state index is 12.1. The minimum atomic E-state index is -0.334. The second kappa shape index (κ2) is 4.33. The van der Waals surface area contributed by atoms with Crippen LogP contribution in [0, 0.1) is 0 Å². The number of carbonyl (C=O) groups excluding carboxylic acids is 1. The van der Waals surface area contributed by atoms with Crippen molar-refractivity contribution in [2.24, 2.45) is 0 Å². The van der Waals surface area contributed by atoms with E-state index in [2.05, 4.69) is 10.3 Å². The monoisotopic (exact) mass is 235 g/mol. The van der Waals surface area contributed by atoms with E-state index in [1.54, 1.807) is 18.3 Å². The van der Waals surface area contributed by atoms with Gasteiger partial charge in [0.1, 0.15) is 5.82 Å². The SMILES string of the molecule is CC1OCCC1(C)NC(=O)c1cccnc1N. The van der Waals surface area contributed by atoms with Crippen LogP contribution in [0.1, 0.15) is 30.6 Å². The second-order valence-electron chi connectivity index (χ2n) is 4.57. The van der Waals surface area contributed by atoms with E-state index >= 15 is 0 Å². The third-order valence-electron chi connectivity index (χ3n) is 3.37. The molecule has 5 heteroatoms. The maximum atomic E-state index is 12.1. The average Bonchev–Trinajstić information content (AvgIpc) is 2.59. The number of anilines is 1. The van der Waals surface area contributed by atoms with Crippen molar-refractivity contribution in [2.75, 3.05) is 12.3 Å². The first kappa shape index (κ1) is 11.9. The summed E-state index contributed by atoms with van der Waals surface area (Å²) < 4.78 is 5.47. The van der Waals surface area contributed by atoms with Gasteiger partial charge >= 0.3 is 0 Å². The van der Waals surface area contributed by atoms with Gasteiger partial charge in [0, 0.05) is 12.8 Å². The lowest BCUT2D eigenvalue weighted by atomic mass is 9.94. The number of nitrogens with zero attached hydrogens (tertiary/aromatic N) is 1. The summed E-state index contributed by atoms with van der Waals surface area (Å²) in [7, 11) is 0. The number of nitrogens with one attached hydrogen (secondary N) is 1. The number of pyridine rings is 1. The number of carbonyl (C=O) groups is 1. The molecule has 3 N–H and O–H groups in total. The average molecular weight is 235 g/mol. The molecule has 0 aliphatic carbocycles. The van der Waals surface area contributed by atoms with Crippen LogP contribution in [0.15, 0.2) is 18.3 Å². The molecule has 1 aromatic rings. The van der Waals surface area contributed by atoms with Crippen molar-refractivity contribution in [1.29, 1.82) is 0 Å². The van der Waals surface area contributed by atoms with Crippen LogP contribution < -0.4 is 11.1 Å². The maximum Gasteiger partial charge on any atom is 0.255 e. The minimum absolute atomic E-state index is 0.00402. The number of nitrogens with two attached hydrogens (primary N) is 1. The topological polar surface area (TPSA) is 77.2 Å². The first-order valence-electron chi connectivity index (χ1n) is 5.67. The van der Waals surface area contributed by atoms with Crippen LogP contribution in [0.25, 0.3) is 0 Å². The highest BCUT2D eigenvalue weighted by Crippen LogP contribution is 2.25. The molecule has 1 fully saturated rings. The number of amides is 1. The van der Waals surface area contributed by atoms with Crippen LogP contribution in [0.4, 0.5) is 5.82 Å². The Balaban J connectivity index is 2.15.